The lowest BCUT2D eigenvalue weighted by molar-refractivity contribution is 0.0666. The van der Waals surface area contributed by atoms with Crippen LogP contribution in [0.15, 0.2) is 28.7 Å². The van der Waals surface area contributed by atoms with Crippen LogP contribution in [-0.4, -0.2) is 31.6 Å². The first-order chi connectivity index (χ1) is 9.24. The zero-order chi connectivity index (χ0) is 13.2. The van der Waals surface area contributed by atoms with Crippen molar-refractivity contribution in [3.8, 4) is 0 Å². The van der Waals surface area contributed by atoms with Gasteiger partial charge in [0.25, 0.3) is 0 Å². The fourth-order valence-corrected chi connectivity index (χ4v) is 2.24. The van der Waals surface area contributed by atoms with Crippen LogP contribution >= 0.6 is 0 Å². The molecule has 4 nitrogen and oxygen atoms in total. The van der Waals surface area contributed by atoms with Gasteiger partial charge in [-0.1, -0.05) is 12.1 Å². The molecule has 1 N–H and O–H groups in total. The highest BCUT2D eigenvalue weighted by molar-refractivity contribution is 5.97. The van der Waals surface area contributed by atoms with Gasteiger partial charge in [0, 0.05) is 24.4 Å². The molecular formula is C14H14FNO3. The smallest absolute Gasteiger partial charge is 0.199 e. The maximum atomic E-state index is 13.5. The van der Waals surface area contributed by atoms with E-state index in [1.807, 2.05) is 0 Å². The Balaban J connectivity index is 1.79. The normalized spacial score (nSPS) is 19.7. The molecule has 0 aliphatic carbocycles. The molecule has 3 rings (SSSR count). The first kappa shape index (κ1) is 12.3. The minimum Gasteiger partial charge on any atom is -0.450 e. The molecule has 100 valence electrons. The summed E-state index contributed by atoms with van der Waals surface area (Å²) in [5, 5.41) is 3.81. The SMILES string of the molecule is O=C(CC1COCCN1)c1cc2cccc(F)c2o1. The zero-order valence-corrected chi connectivity index (χ0v) is 10.3. The first-order valence-electron chi connectivity index (χ1n) is 6.26. The average molecular weight is 263 g/mol. The van der Waals surface area contributed by atoms with Gasteiger partial charge in [0.1, 0.15) is 0 Å². The number of rotatable bonds is 3. The molecule has 0 amide bonds. The quantitative estimate of drug-likeness (QED) is 0.862. The van der Waals surface area contributed by atoms with Crippen molar-refractivity contribution in [1.29, 1.82) is 0 Å². The molecule has 5 heteroatoms. The Morgan fingerprint density at radius 2 is 2.37 bits per heavy atom. The van der Waals surface area contributed by atoms with E-state index >= 15 is 0 Å². The Hall–Kier alpha value is -1.72. The van der Waals surface area contributed by atoms with Gasteiger partial charge in [0.15, 0.2) is 22.9 Å². The van der Waals surface area contributed by atoms with Crippen LogP contribution in [0.2, 0.25) is 0 Å². The molecule has 2 aromatic rings. The maximum Gasteiger partial charge on any atom is 0.199 e. The number of carbonyl (C=O) groups excluding carboxylic acids is 1. The molecule has 1 atom stereocenters. The molecule has 19 heavy (non-hydrogen) atoms. The number of fused-ring (bicyclic) bond motifs is 1. The first-order valence-corrected chi connectivity index (χ1v) is 6.26. The van der Waals surface area contributed by atoms with Gasteiger partial charge in [-0.25, -0.2) is 4.39 Å². The molecule has 0 saturated carbocycles. The minimum absolute atomic E-state index is 0.000640. The Labute approximate surface area is 109 Å². The third-order valence-electron chi connectivity index (χ3n) is 3.20. The van der Waals surface area contributed by atoms with Gasteiger partial charge < -0.3 is 14.5 Å². The van der Waals surface area contributed by atoms with E-state index in [9.17, 15) is 9.18 Å². The van der Waals surface area contributed by atoms with Gasteiger partial charge in [-0.2, -0.15) is 0 Å². The molecule has 0 radical (unpaired) electrons. The van der Waals surface area contributed by atoms with Gasteiger partial charge in [0.2, 0.25) is 0 Å². The number of furan rings is 1. The van der Waals surface area contributed by atoms with Crippen LogP contribution in [0, 0.1) is 5.82 Å². The van der Waals surface area contributed by atoms with E-state index in [0.717, 1.165) is 6.54 Å². The summed E-state index contributed by atoms with van der Waals surface area (Å²) in [5.74, 6) is -0.387. The van der Waals surface area contributed by atoms with Crippen molar-refractivity contribution in [2.45, 2.75) is 12.5 Å². The van der Waals surface area contributed by atoms with Gasteiger partial charge in [-0.15, -0.1) is 0 Å². The molecule has 1 saturated heterocycles. The third kappa shape index (κ3) is 2.52. The number of hydrogen-bond donors (Lipinski definition) is 1. The van der Waals surface area contributed by atoms with Crippen molar-refractivity contribution in [2.75, 3.05) is 19.8 Å². The zero-order valence-electron chi connectivity index (χ0n) is 10.3. The van der Waals surface area contributed by atoms with Crippen molar-refractivity contribution in [3.63, 3.8) is 0 Å². The summed E-state index contributed by atoms with van der Waals surface area (Å²) in [7, 11) is 0. The van der Waals surface area contributed by atoms with Crippen LogP contribution in [0.5, 0.6) is 0 Å². The molecule has 1 aliphatic heterocycles. The molecule has 1 fully saturated rings. The number of ketones is 1. The summed E-state index contributed by atoms with van der Waals surface area (Å²) >= 11 is 0. The van der Waals surface area contributed by atoms with Crippen molar-refractivity contribution in [3.05, 3.63) is 35.8 Å². The molecule has 1 aliphatic rings. The van der Waals surface area contributed by atoms with E-state index in [-0.39, 0.29) is 23.2 Å². The van der Waals surface area contributed by atoms with E-state index < -0.39 is 5.82 Å². The number of hydrogen-bond acceptors (Lipinski definition) is 4. The van der Waals surface area contributed by atoms with E-state index in [2.05, 4.69) is 5.32 Å². The number of para-hydroxylation sites is 1. The number of nitrogens with one attached hydrogen (secondary N) is 1. The Morgan fingerprint density at radius 3 is 3.11 bits per heavy atom. The minimum atomic E-state index is -0.448. The van der Waals surface area contributed by atoms with Gasteiger partial charge in [-0.05, 0) is 12.1 Å². The molecule has 2 heterocycles. The number of Topliss-reactive ketones (excluding diaryl/α,β-unsaturated/α-hetero) is 1. The lowest BCUT2D eigenvalue weighted by atomic mass is 10.1. The maximum absolute atomic E-state index is 13.5. The van der Waals surface area contributed by atoms with Crippen LogP contribution in [-0.2, 0) is 4.74 Å². The summed E-state index contributed by atoms with van der Waals surface area (Å²) in [4.78, 5) is 12.1. The fraction of sp³-hybridized carbons (Fsp3) is 0.357. The largest absolute Gasteiger partial charge is 0.450 e. The predicted molar refractivity (Wildman–Crippen MR) is 67.7 cm³/mol. The summed E-state index contributed by atoms with van der Waals surface area (Å²) in [6.07, 6.45) is 0.293. The van der Waals surface area contributed by atoms with Crippen molar-refractivity contribution >= 4 is 16.8 Å². The number of ether oxygens (including phenoxy) is 1. The highest BCUT2D eigenvalue weighted by Gasteiger charge is 2.21. The average Bonchev–Trinajstić information content (AvgIpc) is 2.85. The van der Waals surface area contributed by atoms with E-state index in [4.69, 9.17) is 9.15 Å². The van der Waals surface area contributed by atoms with Crippen LogP contribution in [0.25, 0.3) is 11.0 Å². The molecule has 1 aromatic carbocycles. The second-order valence-electron chi connectivity index (χ2n) is 4.62. The van der Waals surface area contributed by atoms with Crippen LogP contribution < -0.4 is 5.32 Å². The Bertz CT molecular complexity index is 602. The lowest BCUT2D eigenvalue weighted by Gasteiger charge is -2.22. The van der Waals surface area contributed by atoms with E-state index in [0.29, 0.717) is 25.0 Å². The number of carbonyl (C=O) groups is 1. The molecule has 0 bridgehead atoms. The second-order valence-corrected chi connectivity index (χ2v) is 4.62. The van der Waals surface area contributed by atoms with Crippen molar-refractivity contribution in [2.24, 2.45) is 0 Å². The molecule has 0 spiro atoms. The monoisotopic (exact) mass is 263 g/mol. The van der Waals surface area contributed by atoms with Crippen molar-refractivity contribution < 1.29 is 18.3 Å². The summed E-state index contributed by atoms with van der Waals surface area (Å²) < 4.78 is 24.1. The highest BCUT2D eigenvalue weighted by atomic mass is 19.1. The van der Waals surface area contributed by atoms with E-state index in [1.54, 1.807) is 18.2 Å². The molecular weight excluding hydrogens is 249 g/mol. The van der Waals surface area contributed by atoms with E-state index in [1.165, 1.54) is 6.07 Å². The third-order valence-corrected chi connectivity index (χ3v) is 3.20. The lowest BCUT2D eigenvalue weighted by Crippen LogP contribution is -2.42. The predicted octanol–water partition coefficient (Wildman–Crippen LogP) is 2.13. The van der Waals surface area contributed by atoms with Crippen LogP contribution in [0.3, 0.4) is 0 Å². The Kier molecular flexibility index (Phi) is 3.31. The van der Waals surface area contributed by atoms with Crippen molar-refractivity contribution in [1.82, 2.24) is 5.32 Å². The van der Waals surface area contributed by atoms with Crippen LogP contribution in [0.1, 0.15) is 17.0 Å². The standard InChI is InChI=1S/C14H14FNO3/c15-11-3-1-2-9-6-13(19-14(9)11)12(17)7-10-8-18-5-4-16-10/h1-3,6,10,16H,4-5,7-8H2. The topological polar surface area (TPSA) is 51.5 Å². The Morgan fingerprint density at radius 1 is 1.47 bits per heavy atom. The molecule has 1 unspecified atom stereocenters. The summed E-state index contributed by atoms with van der Waals surface area (Å²) in [6, 6.07) is 6.22. The van der Waals surface area contributed by atoms with Gasteiger partial charge >= 0.3 is 0 Å². The van der Waals surface area contributed by atoms with Gasteiger partial charge in [-0.3, -0.25) is 4.79 Å². The highest BCUT2D eigenvalue weighted by Crippen LogP contribution is 2.23. The summed E-state index contributed by atoms with van der Waals surface area (Å²) in [5.41, 5.74) is 0.138. The van der Waals surface area contributed by atoms with Gasteiger partial charge in [0.05, 0.1) is 13.2 Å². The van der Waals surface area contributed by atoms with Crippen LogP contribution in [0.4, 0.5) is 4.39 Å². The number of benzene rings is 1. The number of morpholine rings is 1. The molecule has 1 aromatic heterocycles. The second kappa shape index (κ2) is 5.11. The number of halogens is 1. The fourth-order valence-electron chi connectivity index (χ4n) is 2.24. The summed E-state index contributed by atoms with van der Waals surface area (Å²) in [6.45, 7) is 1.92.